The minimum absolute atomic E-state index is 0.451. The van der Waals surface area contributed by atoms with Gasteiger partial charge in [-0.1, -0.05) is 30.3 Å². The van der Waals surface area contributed by atoms with Gasteiger partial charge in [-0.15, -0.1) is 0 Å². The van der Waals surface area contributed by atoms with Crippen molar-refractivity contribution in [3.05, 3.63) is 48.5 Å². The Hall–Kier alpha value is -2.43. The van der Waals surface area contributed by atoms with Crippen molar-refractivity contribution < 1.29 is 0 Å². The second-order valence-electron chi connectivity index (χ2n) is 5.67. The molecule has 2 heterocycles. The molecule has 0 radical (unpaired) electrons. The SMILES string of the molecule is Nc1ncnc2c1ncn2CC[C@H]1C[C@H]1c1ccccc1. The molecule has 106 valence electrons. The first-order valence-corrected chi connectivity index (χ1v) is 7.29. The highest BCUT2D eigenvalue weighted by molar-refractivity contribution is 5.81. The van der Waals surface area contributed by atoms with Gasteiger partial charge in [0.05, 0.1) is 6.33 Å². The van der Waals surface area contributed by atoms with E-state index in [1.54, 1.807) is 0 Å². The maximum atomic E-state index is 5.81. The number of hydrogen-bond donors (Lipinski definition) is 1. The van der Waals surface area contributed by atoms with E-state index in [9.17, 15) is 0 Å². The molecule has 1 aliphatic rings. The van der Waals surface area contributed by atoms with Crippen LogP contribution in [0.25, 0.3) is 11.2 Å². The van der Waals surface area contributed by atoms with Crippen molar-refractivity contribution >= 4 is 17.0 Å². The first kappa shape index (κ1) is 12.3. The summed E-state index contributed by atoms with van der Waals surface area (Å²) < 4.78 is 2.08. The largest absolute Gasteiger partial charge is 0.382 e. The molecule has 21 heavy (non-hydrogen) atoms. The summed E-state index contributed by atoms with van der Waals surface area (Å²) >= 11 is 0. The van der Waals surface area contributed by atoms with E-state index in [-0.39, 0.29) is 0 Å². The first-order valence-electron chi connectivity index (χ1n) is 7.29. The topological polar surface area (TPSA) is 69.6 Å². The fraction of sp³-hybridized carbons (Fsp3) is 0.312. The van der Waals surface area contributed by atoms with E-state index in [4.69, 9.17) is 5.73 Å². The van der Waals surface area contributed by atoms with Gasteiger partial charge < -0.3 is 10.3 Å². The van der Waals surface area contributed by atoms with Gasteiger partial charge in [0.1, 0.15) is 11.8 Å². The third-order valence-electron chi connectivity index (χ3n) is 4.32. The second kappa shape index (κ2) is 4.84. The maximum Gasteiger partial charge on any atom is 0.165 e. The molecule has 0 amide bonds. The number of nitrogens with two attached hydrogens (primary N) is 1. The molecule has 5 heteroatoms. The van der Waals surface area contributed by atoms with E-state index in [0.29, 0.717) is 11.3 Å². The van der Waals surface area contributed by atoms with Crippen molar-refractivity contribution in [2.45, 2.75) is 25.3 Å². The molecule has 3 aromatic rings. The summed E-state index contributed by atoms with van der Waals surface area (Å²) in [6.07, 6.45) is 5.75. The highest BCUT2D eigenvalue weighted by Crippen LogP contribution is 2.49. The number of nitrogen functional groups attached to an aromatic ring is 1. The Morgan fingerprint density at radius 1 is 1.14 bits per heavy atom. The van der Waals surface area contributed by atoms with E-state index in [1.807, 2.05) is 6.33 Å². The van der Waals surface area contributed by atoms with Crippen LogP contribution >= 0.6 is 0 Å². The summed E-state index contributed by atoms with van der Waals surface area (Å²) in [4.78, 5) is 12.6. The Labute approximate surface area is 122 Å². The Morgan fingerprint density at radius 3 is 2.86 bits per heavy atom. The number of aromatic nitrogens is 4. The van der Waals surface area contributed by atoms with Crippen LogP contribution in [0.2, 0.25) is 0 Å². The van der Waals surface area contributed by atoms with E-state index < -0.39 is 0 Å². The van der Waals surface area contributed by atoms with Crippen LogP contribution in [0.3, 0.4) is 0 Å². The van der Waals surface area contributed by atoms with Gasteiger partial charge in [0, 0.05) is 6.54 Å². The number of nitrogens with zero attached hydrogens (tertiary/aromatic N) is 4. The highest BCUT2D eigenvalue weighted by atomic mass is 15.1. The zero-order valence-electron chi connectivity index (χ0n) is 11.7. The molecule has 1 aliphatic carbocycles. The number of hydrogen-bond acceptors (Lipinski definition) is 4. The molecule has 1 fully saturated rings. The Kier molecular flexibility index (Phi) is 2.84. The van der Waals surface area contributed by atoms with Gasteiger partial charge in [-0.05, 0) is 30.2 Å². The zero-order valence-corrected chi connectivity index (χ0v) is 11.7. The van der Waals surface area contributed by atoms with Gasteiger partial charge in [-0.25, -0.2) is 15.0 Å². The van der Waals surface area contributed by atoms with Crippen molar-refractivity contribution in [3.8, 4) is 0 Å². The zero-order chi connectivity index (χ0) is 14.2. The van der Waals surface area contributed by atoms with E-state index in [0.717, 1.165) is 30.4 Å². The van der Waals surface area contributed by atoms with Crippen LogP contribution in [0.5, 0.6) is 0 Å². The van der Waals surface area contributed by atoms with Gasteiger partial charge in [0.25, 0.3) is 0 Å². The molecule has 2 atom stereocenters. The third-order valence-corrected chi connectivity index (χ3v) is 4.32. The molecular weight excluding hydrogens is 262 g/mol. The van der Waals surface area contributed by atoms with E-state index in [2.05, 4.69) is 49.9 Å². The number of aryl methyl sites for hydroxylation is 1. The van der Waals surface area contributed by atoms with Crippen molar-refractivity contribution in [2.24, 2.45) is 5.92 Å². The van der Waals surface area contributed by atoms with Crippen LogP contribution < -0.4 is 5.73 Å². The Morgan fingerprint density at radius 2 is 2.00 bits per heavy atom. The molecular formula is C16H17N5. The molecule has 2 aromatic heterocycles. The number of rotatable bonds is 4. The number of anilines is 1. The molecule has 2 N–H and O–H groups in total. The van der Waals surface area contributed by atoms with Gasteiger partial charge in [0.2, 0.25) is 0 Å². The van der Waals surface area contributed by atoms with Crippen molar-refractivity contribution in [3.63, 3.8) is 0 Å². The van der Waals surface area contributed by atoms with Crippen LogP contribution in [-0.2, 0) is 6.54 Å². The average molecular weight is 279 g/mol. The number of benzene rings is 1. The summed E-state index contributed by atoms with van der Waals surface area (Å²) in [7, 11) is 0. The predicted octanol–water partition coefficient (Wildman–Crippen LogP) is 2.60. The van der Waals surface area contributed by atoms with Gasteiger partial charge >= 0.3 is 0 Å². The fourth-order valence-electron chi connectivity index (χ4n) is 3.04. The van der Waals surface area contributed by atoms with Crippen LogP contribution in [0.4, 0.5) is 5.82 Å². The molecule has 1 aromatic carbocycles. The Balaban J connectivity index is 1.45. The van der Waals surface area contributed by atoms with Crippen LogP contribution in [0.15, 0.2) is 43.0 Å². The first-order chi connectivity index (χ1) is 10.3. The smallest absolute Gasteiger partial charge is 0.165 e. The van der Waals surface area contributed by atoms with Crippen LogP contribution in [0, 0.1) is 5.92 Å². The Bertz CT molecular complexity index is 765. The van der Waals surface area contributed by atoms with Crippen LogP contribution in [0.1, 0.15) is 24.3 Å². The summed E-state index contributed by atoms with van der Waals surface area (Å²) in [5, 5.41) is 0. The minimum atomic E-state index is 0.451. The van der Waals surface area contributed by atoms with Gasteiger partial charge in [-0.2, -0.15) is 0 Å². The molecule has 0 bridgehead atoms. The van der Waals surface area contributed by atoms with Gasteiger partial charge in [0.15, 0.2) is 11.5 Å². The molecule has 0 unspecified atom stereocenters. The van der Waals surface area contributed by atoms with Crippen molar-refractivity contribution in [1.29, 1.82) is 0 Å². The fourth-order valence-corrected chi connectivity index (χ4v) is 3.04. The average Bonchev–Trinajstić information content (AvgIpc) is 3.18. The minimum Gasteiger partial charge on any atom is -0.382 e. The summed E-state index contributed by atoms with van der Waals surface area (Å²) in [6.45, 7) is 0.932. The monoisotopic (exact) mass is 279 g/mol. The standard InChI is InChI=1S/C16H17N5/c17-15-14-16(19-9-18-15)21(10-20-14)7-6-12-8-13(12)11-4-2-1-3-5-11/h1-5,9-10,12-13H,6-8H2,(H2,17,18,19)/t12-,13-/m0/s1. The molecule has 1 saturated carbocycles. The van der Waals surface area contributed by atoms with E-state index >= 15 is 0 Å². The van der Waals surface area contributed by atoms with E-state index in [1.165, 1.54) is 18.3 Å². The molecule has 4 rings (SSSR count). The highest BCUT2D eigenvalue weighted by Gasteiger charge is 2.37. The lowest BCUT2D eigenvalue weighted by Gasteiger charge is -2.04. The summed E-state index contributed by atoms with van der Waals surface area (Å²) in [5.41, 5.74) is 8.81. The summed E-state index contributed by atoms with van der Waals surface area (Å²) in [6, 6.07) is 10.8. The molecule has 0 saturated heterocycles. The lowest BCUT2D eigenvalue weighted by Crippen LogP contribution is -2.00. The molecule has 5 nitrogen and oxygen atoms in total. The number of imidazole rings is 1. The quantitative estimate of drug-likeness (QED) is 0.797. The van der Waals surface area contributed by atoms with Crippen LogP contribution in [-0.4, -0.2) is 19.5 Å². The molecule has 0 aliphatic heterocycles. The van der Waals surface area contributed by atoms with Gasteiger partial charge in [-0.3, -0.25) is 0 Å². The number of fused-ring (bicyclic) bond motifs is 1. The lowest BCUT2D eigenvalue weighted by molar-refractivity contribution is 0.594. The third kappa shape index (κ3) is 2.24. The predicted molar refractivity (Wildman–Crippen MR) is 81.6 cm³/mol. The molecule has 0 spiro atoms. The maximum absolute atomic E-state index is 5.81. The van der Waals surface area contributed by atoms with Crippen molar-refractivity contribution in [2.75, 3.05) is 5.73 Å². The lowest BCUT2D eigenvalue weighted by atomic mass is 10.1. The second-order valence-corrected chi connectivity index (χ2v) is 5.67. The normalized spacial score (nSPS) is 20.8. The summed E-state index contributed by atoms with van der Waals surface area (Å²) in [5.74, 6) is 1.94. The van der Waals surface area contributed by atoms with Crippen molar-refractivity contribution in [1.82, 2.24) is 19.5 Å².